The van der Waals surface area contributed by atoms with Crippen LogP contribution in [0.15, 0.2) is 10.4 Å². The van der Waals surface area contributed by atoms with E-state index in [1.54, 1.807) is 6.92 Å². The van der Waals surface area contributed by atoms with Crippen LogP contribution in [0.1, 0.15) is 37.6 Å². The molecule has 1 aromatic heterocycles. The van der Waals surface area contributed by atoms with Crippen LogP contribution in [0.25, 0.3) is 0 Å². The Morgan fingerprint density at radius 1 is 1.53 bits per heavy atom. The topological polar surface area (TPSA) is 67.3 Å². The summed E-state index contributed by atoms with van der Waals surface area (Å²) >= 11 is 1.18. The van der Waals surface area contributed by atoms with Crippen molar-refractivity contribution in [2.45, 2.75) is 49.8 Å². The van der Waals surface area contributed by atoms with Gasteiger partial charge in [0.25, 0.3) is 10.0 Å². The van der Waals surface area contributed by atoms with Crippen LogP contribution >= 0.6 is 11.3 Å². The summed E-state index contributed by atoms with van der Waals surface area (Å²) in [6, 6.07) is -0.196. The lowest BCUT2D eigenvalue weighted by Crippen LogP contribution is -2.44. The normalized spacial score (nSPS) is 21.5. The van der Waals surface area contributed by atoms with Crippen molar-refractivity contribution in [2.75, 3.05) is 6.54 Å². The molecule has 1 saturated heterocycles. The highest BCUT2D eigenvalue weighted by molar-refractivity contribution is 7.91. The van der Waals surface area contributed by atoms with Crippen molar-refractivity contribution in [3.05, 3.63) is 11.2 Å². The molecule has 7 heteroatoms. The van der Waals surface area contributed by atoms with Crippen molar-refractivity contribution in [3.63, 3.8) is 0 Å². The highest BCUT2D eigenvalue weighted by atomic mass is 32.2. The van der Waals surface area contributed by atoms with E-state index in [2.05, 4.69) is 4.98 Å². The number of Topliss-reactive ketones (excluding diaryl/α,β-unsaturated/α-hetero) is 1. The summed E-state index contributed by atoms with van der Waals surface area (Å²) in [5.41, 5.74) is 0. The fourth-order valence-electron chi connectivity index (χ4n) is 2.40. The molecular formula is C12H18N2O3S2. The monoisotopic (exact) mass is 302 g/mol. The van der Waals surface area contributed by atoms with E-state index in [0.29, 0.717) is 13.0 Å². The Hall–Kier alpha value is -0.790. The predicted octanol–water partition coefficient (Wildman–Crippen LogP) is 1.97. The molecule has 1 atom stereocenters. The molecule has 106 valence electrons. The maximum atomic E-state index is 12.6. The summed E-state index contributed by atoms with van der Waals surface area (Å²) in [5.74, 6) is 0.0348. The molecule has 1 aromatic rings. The minimum atomic E-state index is -3.50. The van der Waals surface area contributed by atoms with Gasteiger partial charge in [-0.15, -0.1) is 11.3 Å². The van der Waals surface area contributed by atoms with Gasteiger partial charge in [-0.1, -0.05) is 6.42 Å². The van der Waals surface area contributed by atoms with Gasteiger partial charge in [0.15, 0.2) is 4.21 Å². The van der Waals surface area contributed by atoms with Gasteiger partial charge in [0.05, 0.1) is 11.2 Å². The third kappa shape index (κ3) is 3.21. The van der Waals surface area contributed by atoms with E-state index in [1.165, 1.54) is 28.8 Å². The lowest BCUT2D eigenvalue weighted by atomic mass is 10.0. The van der Waals surface area contributed by atoms with Crippen molar-refractivity contribution in [1.82, 2.24) is 9.29 Å². The van der Waals surface area contributed by atoms with Gasteiger partial charge < -0.3 is 0 Å². The van der Waals surface area contributed by atoms with E-state index in [0.717, 1.165) is 24.3 Å². The third-order valence-corrected chi connectivity index (χ3v) is 6.56. The van der Waals surface area contributed by atoms with Crippen LogP contribution in [-0.2, 0) is 14.8 Å². The number of aromatic nitrogens is 1. The van der Waals surface area contributed by atoms with Crippen LogP contribution in [0.4, 0.5) is 0 Å². The SMILES string of the molecule is CC(=O)CC1CCCCN1S(=O)(=O)c1cnc(C)s1. The van der Waals surface area contributed by atoms with Crippen LogP contribution in [0.3, 0.4) is 0 Å². The van der Waals surface area contributed by atoms with Gasteiger partial charge in [0.1, 0.15) is 5.78 Å². The first kappa shape index (κ1) is 14.6. The fraction of sp³-hybridized carbons (Fsp3) is 0.667. The Labute approximate surface area is 117 Å². The molecule has 1 aliphatic rings. The molecule has 2 rings (SSSR count). The summed E-state index contributed by atoms with van der Waals surface area (Å²) in [4.78, 5) is 15.3. The Morgan fingerprint density at radius 3 is 2.84 bits per heavy atom. The second-order valence-corrected chi connectivity index (χ2v) is 8.22. The molecular weight excluding hydrogens is 284 g/mol. The van der Waals surface area contributed by atoms with Crippen molar-refractivity contribution in [3.8, 4) is 0 Å². The standard InChI is InChI=1S/C12H18N2O3S2/c1-9(15)7-11-5-3-4-6-14(11)19(16,17)12-8-13-10(2)18-12/h8,11H,3-7H2,1-2H3. The van der Waals surface area contributed by atoms with Gasteiger partial charge >= 0.3 is 0 Å². The van der Waals surface area contributed by atoms with E-state index < -0.39 is 10.0 Å². The molecule has 0 amide bonds. The number of ketones is 1. The van der Waals surface area contributed by atoms with Gasteiger partial charge in [0.2, 0.25) is 0 Å². The number of hydrogen-bond donors (Lipinski definition) is 0. The largest absolute Gasteiger partial charge is 0.300 e. The zero-order valence-electron chi connectivity index (χ0n) is 11.1. The summed E-state index contributed by atoms with van der Waals surface area (Å²) < 4.78 is 26.9. The fourth-order valence-corrected chi connectivity index (χ4v) is 5.33. The van der Waals surface area contributed by atoms with Gasteiger partial charge in [-0.2, -0.15) is 4.31 Å². The highest BCUT2D eigenvalue weighted by Gasteiger charge is 2.35. The molecule has 0 bridgehead atoms. The number of piperidine rings is 1. The molecule has 0 saturated carbocycles. The van der Waals surface area contributed by atoms with Gasteiger partial charge in [-0.25, -0.2) is 13.4 Å². The molecule has 0 aromatic carbocycles. The molecule has 0 aliphatic carbocycles. The summed E-state index contributed by atoms with van der Waals surface area (Å²) in [6.07, 6.45) is 4.31. The zero-order valence-corrected chi connectivity index (χ0v) is 12.8. The maximum absolute atomic E-state index is 12.6. The van der Waals surface area contributed by atoms with Crippen LogP contribution in [-0.4, -0.2) is 36.1 Å². The van der Waals surface area contributed by atoms with Crippen LogP contribution in [0, 0.1) is 6.92 Å². The Kier molecular flexibility index (Phi) is 4.37. The number of rotatable bonds is 4. The number of aryl methyl sites for hydroxylation is 1. The average molecular weight is 302 g/mol. The Balaban J connectivity index is 2.28. The number of sulfonamides is 1. The second-order valence-electron chi connectivity index (χ2n) is 4.87. The summed E-state index contributed by atoms with van der Waals surface area (Å²) in [6.45, 7) is 3.79. The molecule has 0 N–H and O–H groups in total. The molecule has 0 radical (unpaired) electrons. The average Bonchev–Trinajstić information content (AvgIpc) is 2.76. The van der Waals surface area contributed by atoms with E-state index in [1.807, 2.05) is 0 Å². The first-order chi connectivity index (χ1) is 8.91. The molecule has 19 heavy (non-hydrogen) atoms. The zero-order chi connectivity index (χ0) is 14.0. The lowest BCUT2D eigenvalue weighted by Gasteiger charge is -2.33. The van der Waals surface area contributed by atoms with Crippen molar-refractivity contribution in [2.24, 2.45) is 0 Å². The minimum absolute atomic E-state index is 0.0348. The quantitative estimate of drug-likeness (QED) is 0.853. The van der Waals surface area contributed by atoms with Gasteiger partial charge in [-0.3, -0.25) is 4.79 Å². The Bertz CT molecular complexity index is 565. The van der Waals surface area contributed by atoms with Crippen molar-refractivity contribution >= 4 is 27.1 Å². The first-order valence-electron chi connectivity index (χ1n) is 6.35. The molecule has 2 heterocycles. The van der Waals surface area contributed by atoms with E-state index in [-0.39, 0.29) is 16.0 Å². The molecule has 5 nitrogen and oxygen atoms in total. The number of carbonyl (C=O) groups is 1. The van der Waals surface area contributed by atoms with Crippen molar-refractivity contribution in [1.29, 1.82) is 0 Å². The van der Waals surface area contributed by atoms with Crippen LogP contribution in [0.5, 0.6) is 0 Å². The summed E-state index contributed by atoms with van der Waals surface area (Å²) in [7, 11) is -3.50. The number of nitrogens with zero attached hydrogens (tertiary/aromatic N) is 2. The van der Waals surface area contributed by atoms with Crippen molar-refractivity contribution < 1.29 is 13.2 Å². The first-order valence-corrected chi connectivity index (χ1v) is 8.60. The van der Waals surface area contributed by atoms with E-state index in [4.69, 9.17) is 0 Å². The molecule has 0 spiro atoms. The maximum Gasteiger partial charge on any atom is 0.254 e. The van der Waals surface area contributed by atoms with Crippen LogP contribution in [0.2, 0.25) is 0 Å². The molecule has 1 aliphatic heterocycles. The second kappa shape index (κ2) is 5.68. The van der Waals surface area contributed by atoms with Crippen LogP contribution < -0.4 is 0 Å². The molecule has 1 fully saturated rings. The number of carbonyl (C=O) groups excluding carboxylic acids is 1. The highest BCUT2D eigenvalue weighted by Crippen LogP contribution is 2.29. The van der Waals surface area contributed by atoms with E-state index in [9.17, 15) is 13.2 Å². The Morgan fingerprint density at radius 2 is 2.26 bits per heavy atom. The third-order valence-electron chi connectivity index (χ3n) is 3.26. The van der Waals surface area contributed by atoms with Gasteiger partial charge in [-0.05, 0) is 26.7 Å². The van der Waals surface area contributed by atoms with E-state index >= 15 is 0 Å². The minimum Gasteiger partial charge on any atom is -0.300 e. The number of thiazole rings is 1. The number of hydrogen-bond acceptors (Lipinski definition) is 5. The smallest absolute Gasteiger partial charge is 0.254 e. The lowest BCUT2D eigenvalue weighted by molar-refractivity contribution is -0.118. The molecule has 1 unspecified atom stereocenters. The summed E-state index contributed by atoms with van der Waals surface area (Å²) in [5, 5.41) is 0.735. The predicted molar refractivity (Wildman–Crippen MR) is 73.7 cm³/mol. The van der Waals surface area contributed by atoms with Gasteiger partial charge in [0, 0.05) is 19.0 Å².